The Morgan fingerprint density at radius 2 is 1.81 bits per heavy atom. The van der Waals surface area contributed by atoms with Crippen LogP contribution >= 0.6 is 0 Å². The van der Waals surface area contributed by atoms with E-state index in [0.29, 0.717) is 5.69 Å². The van der Waals surface area contributed by atoms with Gasteiger partial charge < -0.3 is 21.5 Å². The van der Waals surface area contributed by atoms with Crippen LogP contribution in [0, 0.1) is 0 Å². The summed E-state index contributed by atoms with van der Waals surface area (Å²) in [6, 6.07) is 6.94. The maximum absolute atomic E-state index is 10.0. The fourth-order valence-corrected chi connectivity index (χ4v) is 1.51. The van der Waals surface area contributed by atoms with Crippen LogP contribution in [0.4, 0.5) is 5.69 Å². The van der Waals surface area contributed by atoms with E-state index in [2.05, 4.69) is 4.90 Å². The number of nitrogens with zero attached hydrogens (tertiary/aromatic N) is 1. The van der Waals surface area contributed by atoms with Crippen molar-refractivity contribution in [2.75, 3.05) is 26.4 Å². The van der Waals surface area contributed by atoms with Crippen LogP contribution in [0.5, 0.6) is 0 Å². The van der Waals surface area contributed by atoms with Crippen molar-refractivity contribution in [3.63, 3.8) is 0 Å². The lowest BCUT2D eigenvalue weighted by atomic mass is 10.0. The second-order valence-electron chi connectivity index (χ2n) is 4.37. The Labute approximate surface area is 96.9 Å². The fourth-order valence-electron chi connectivity index (χ4n) is 1.51. The van der Waals surface area contributed by atoms with Crippen molar-refractivity contribution in [3.8, 4) is 0 Å². The van der Waals surface area contributed by atoms with Crippen molar-refractivity contribution in [2.45, 2.75) is 18.6 Å². The topological polar surface area (TPSA) is 75.5 Å². The number of anilines is 1. The molecule has 5 N–H and O–H groups in total. The highest BCUT2D eigenvalue weighted by molar-refractivity contribution is 5.40. The predicted octanol–water partition coefficient (Wildman–Crippen LogP) is 0.581. The van der Waals surface area contributed by atoms with Gasteiger partial charge in [-0.1, -0.05) is 12.1 Å². The first-order chi connectivity index (χ1) is 7.50. The molecule has 90 valence electrons. The molecule has 0 heterocycles. The van der Waals surface area contributed by atoms with Gasteiger partial charge in [-0.25, -0.2) is 0 Å². The van der Waals surface area contributed by atoms with Gasteiger partial charge in [0.05, 0.1) is 6.10 Å². The van der Waals surface area contributed by atoms with Gasteiger partial charge in [-0.15, -0.1) is 0 Å². The summed E-state index contributed by atoms with van der Waals surface area (Å²) in [6.45, 7) is 0.868. The summed E-state index contributed by atoms with van der Waals surface area (Å²) in [5.74, 6) is 0. The van der Waals surface area contributed by atoms with E-state index in [1.165, 1.54) is 0 Å². The average molecular weight is 223 g/mol. The second-order valence-corrected chi connectivity index (χ2v) is 4.37. The zero-order chi connectivity index (χ0) is 12.1. The maximum Gasteiger partial charge on any atom is 0.0941 e. The summed E-state index contributed by atoms with van der Waals surface area (Å²) in [6.07, 6.45) is 0.138. The first kappa shape index (κ1) is 13.0. The van der Waals surface area contributed by atoms with Gasteiger partial charge in [0.15, 0.2) is 0 Å². The van der Waals surface area contributed by atoms with Crippen LogP contribution in [0.15, 0.2) is 24.3 Å². The van der Waals surface area contributed by atoms with Crippen LogP contribution in [-0.4, -0.2) is 36.7 Å². The van der Waals surface area contributed by atoms with Gasteiger partial charge in [-0.3, -0.25) is 0 Å². The molecule has 16 heavy (non-hydrogen) atoms. The number of benzene rings is 1. The summed E-state index contributed by atoms with van der Waals surface area (Å²) in [4.78, 5) is 2.05. The van der Waals surface area contributed by atoms with Crippen LogP contribution in [0.2, 0.25) is 0 Å². The standard InChI is InChI=1S/C12H21N3O/c1-15(2)8-7-11(14)12(16)9-3-5-10(13)6-4-9/h3-6,11-12,16H,7-8,13-14H2,1-2H3. The minimum absolute atomic E-state index is 0.244. The Morgan fingerprint density at radius 1 is 1.25 bits per heavy atom. The van der Waals surface area contributed by atoms with Gasteiger partial charge >= 0.3 is 0 Å². The molecule has 4 nitrogen and oxygen atoms in total. The SMILES string of the molecule is CN(C)CCC(N)C(O)c1ccc(N)cc1. The first-order valence-electron chi connectivity index (χ1n) is 5.44. The van der Waals surface area contributed by atoms with Crippen LogP contribution in [-0.2, 0) is 0 Å². The number of aliphatic hydroxyl groups is 1. The molecule has 0 amide bonds. The Balaban J connectivity index is 2.56. The normalized spacial score (nSPS) is 15.1. The molecule has 2 unspecified atom stereocenters. The number of nitrogens with two attached hydrogens (primary N) is 2. The van der Waals surface area contributed by atoms with Gasteiger partial charge in [0, 0.05) is 11.7 Å². The molecular formula is C12H21N3O. The molecule has 0 fully saturated rings. The zero-order valence-electron chi connectivity index (χ0n) is 9.93. The van der Waals surface area contributed by atoms with E-state index in [4.69, 9.17) is 11.5 Å². The highest BCUT2D eigenvalue weighted by Gasteiger charge is 2.16. The van der Waals surface area contributed by atoms with Crippen molar-refractivity contribution in [3.05, 3.63) is 29.8 Å². The van der Waals surface area contributed by atoms with Crippen molar-refractivity contribution in [1.29, 1.82) is 0 Å². The highest BCUT2D eigenvalue weighted by Crippen LogP contribution is 2.18. The minimum Gasteiger partial charge on any atom is -0.399 e. The third kappa shape index (κ3) is 3.81. The van der Waals surface area contributed by atoms with Gasteiger partial charge in [0.25, 0.3) is 0 Å². The van der Waals surface area contributed by atoms with Gasteiger partial charge in [0.1, 0.15) is 0 Å². The molecule has 0 bridgehead atoms. The third-order valence-corrected chi connectivity index (χ3v) is 2.59. The zero-order valence-corrected chi connectivity index (χ0v) is 9.93. The lowest BCUT2D eigenvalue weighted by Gasteiger charge is -2.21. The van der Waals surface area contributed by atoms with Gasteiger partial charge in [-0.05, 0) is 44.8 Å². The first-order valence-corrected chi connectivity index (χ1v) is 5.44. The Bertz CT molecular complexity index is 311. The monoisotopic (exact) mass is 223 g/mol. The number of nitrogen functional groups attached to an aromatic ring is 1. The predicted molar refractivity (Wildman–Crippen MR) is 67.0 cm³/mol. The van der Waals surface area contributed by atoms with Crippen molar-refractivity contribution in [2.24, 2.45) is 5.73 Å². The molecule has 2 atom stereocenters. The van der Waals surface area contributed by atoms with Crippen LogP contribution in [0.3, 0.4) is 0 Å². The van der Waals surface area contributed by atoms with E-state index in [-0.39, 0.29) is 6.04 Å². The molecule has 0 saturated carbocycles. The van der Waals surface area contributed by atoms with Gasteiger partial charge in [-0.2, -0.15) is 0 Å². The van der Waals surface area contributed by atoms with Crippen LogP contribution < -0.4 is 11.5 Å². The smallest absolute Gasteiger partial charge is 0.0941 e. The Hall–Kier alpha value is -1.10. The van der Waals surface area contributed by atoms with E-state index in [0.717, 1.165) is 18.5 Å². The molecule has 0 aliphatic heterocycles. The summed E-state index contributed by atoms with van der Waals surface area (Å²) in [5, 5.41) is 10.0. The molecule has 1 rings (SSSR count). The molecule has 1 aromatic carbocycles. The van der Waals surface area contributed by atoms with Crippen molar-refractivity contribution >= 4 is 5.69 Å². The molecule has 0 radical (unpaired) electrons. The quantitative estimate of drug-likeness (QED) is 0.638. The summed E-state index contributed by atoms with van der Waals surface area (Å²) in [5.41, 5.74) is 13.0. The largest absolute Gasteiger partial charge is 0.399 e. The van der Waals surface area contributed by atoms with Crippen LogP contribution in [0.1, 0.15) is 18.1 Å². The lowest BCUT2D eigenvalue weighted by Crippen LogP contribution is -2.32. The molecule has 0 saturated heterocycles. The number of hydrogen-bond donors (Lipinski definition) is 3. The molecular weight excluding hydrogens is 202 g/mol. The van der Waals surface area contributed by atoms with Crippen molar-refractivity contribution < 1.29 is 5.11 Å². The number of hydrogen-bond acceptors (Lipinski definition) is 4. The summed E-state index contributed by atoms with van der Waals surface area (Å²) < 4.78 is 0. The van der Waals surface area contributed by atoms with E-state index >= 15 is 0 Å². The van der Waals surface area contributed by atoms with Gasteiger partial charge in [0.2, 0.25) is 0 Å². The molecule has 0 aliphatic rings. The maximum atomic E-state index is 10.0. The van der Waals surface area contributed by atoms with E-state index in [9.17, 15) is 5.11 Å². The van der Waals surface area contributed by atoms with Crippen molar-refractivity contribution in [1.82, 2.24) is 4.90 Å². The number of rotatable bonds is 5. The van der Waals surface area contributed by atoms with E-state index in [1.807, 2.05) is 26.2 Å². The molecule has 0 spiro atoms. The van der Waals surface area contributed by atoms with Crippen LogP contribution in [0.25, 0.3) is 0 Å². The third-order valence-electron chi connectivity index (χ3n) is 2.59. The second kappa shape index (κ2) is 5.84. The number of aliphatic hydroxyl groups excluding tert-OH is 1. The van der Waals surface area contributed by atoms with E-state index < -0.39 is 6.10 Å². The minimum atomic E-state index is -0.624. The average Bonchev–Trinajstić information content (AvgIpc) is 2.26. The highest BCUT2D eigenvalue weighted by atomic mass is 16.3. The van der Waals surface area contributed by atoms with E-state index in [1.54, 1.807) is 12.1 Å². The molecule has 1 aromatic rings. The summed E-state index contributed by atoms with van der Waals surface area (Å²) in [7, 11) is 3.98. The molecule has 4 heteroatoms. The fraction of sp³-hybridized carbons (Fsp3) is 0.500. The lowest BCUT2D eigenvalue weighted by molar-refractivity contribution is 0.137. The molecule has 0 aliphatic carbocycles. The Kier molecular flexibility index (Phi) is 4.73. The Morgan fingerprint density at radius 3 is 2.31 bits per heavy atom. The summed E-state index contributed by atoms with van der Waals surface area (Å²) >= 11 is 0. The molecule has 0 aromatic heterocycles.